The SMILES string of the molecule is Cc1ccc(C(=O)[N+](Cl)(N(Cl)C(=O)c2ccc(F)cc2)C(C)(C)C)cc1.Cl. The predicted molar refractivity (Wildman–Crippen MR) is 107 cm³/mol. The van der Waals surface area contributed by atoms with E-state index in [9.17, 15) is 14.0 Å². The lowest BCUT2D eigenvalue weighted by atomic mass is 10.1. The number of nitrogens with zero attached hydrogens (tertiary/aromatic N) is 2. The summed E-state index contributed by atoms with van der Waals surface area (Å²) in [6, 6.07) is 11.7. The highest BCUT2D eigenvalue weighted by Gasteiger charge is 2.56. The maximum Gasteiger partial charge on any atom is 0.390 e. The molecule has 0 fully saturated rings. The lowest BCUT2D eigenvalue weighted by Gasteiger charge is -2.40. The smallest absolute Gasteiger partial charge is 0.262 e. The van der Waals surface area contributed by atoms with Crippen molar-refractivity contribution in [2.45, 2.75) is 33.2 Å². The summed E-state index contributed by atoms with van der Waals surface area (Å²) in [4.78, 5) is 25.9. The van der Waals surface area contributed by atoms with Crippen LogP contribution in [0.3, 0.4) is 0 Å². The minimum atomic E-state index is -1.01. The van der Waals surface area contributed by atoms with E-state index < -0.39 is 27.3 Å². The predicted octanol–water partition coefficient (Wildman–Crippen LogP) is 5.68. The molecule has 0 bridgehead atoms. The van der Waals surface area contributed by atoms with E-state index in [0.29, 0.717) is 10.1 Å². The van der Waals surface area contributed by atoms with Crippen LogP contribution in [0.25, 0.3) is 0 Å². The molecule has 0 aromatic heterocycles. The molecule has 2 aromatic rings. The Morgan fingerprint density at radius 3 is 1.85 bits per heavy atom. The van der Waals surface area contributed by atoms with Crippen LogP contribution in [0.4, 0.5) is 4.39 Å². The van der Waals surface area contributed by atoms with Gasteiger partial charge in [-0.15, -0.1) is 12.4 Å². The fourth-order valence-electron chi connectivity index (χ4n) is 2.34. The molecule has 8 heteroatoms. The lowest BCUT2D eigenvalue weighted by Crippen LogP contribution is -2.64. The molecule has 0 aliphatic rings. The molecule has 0 saturated carbocycles. The molecule has 0 heterocycles. The van der Waals surface area contributed by atoms with Gasteiger partial charge in [-0.3, -0.25) is 4.79 Å². The van der Waals surface area contributed by atoms with Crippen molar-refractivity contribution in [3.8, 4) is 0 Å². The van der Waals surface area contributed by atoms with Crippen molar-refractivity contribution >= 4 is 47.8 Å². The number of aryl methyl sites for hydroxylation is 1. The quantitative estimate of drug-likeness (QED) is 0.451. The van der Waals surface area contributed by atoms with Crippen molar-refractivity contribution in [2.75, 3.05) is 0 Å². The zero-order chi connectivity index (χ0) is 19.7. The Labute approximate surface area is 174 Å². The first kappa shape index (κ1) is 23.4. The van der Waals surface area contributed by atoms with Gasteiger partial charge >= 0.3 is 11.8 Å². The Bertz CT molecular complexity index is 820. The van der Waals surface area contributed by atoms with Gasteiger partial charge in [0.2, 0.25) is 11.8 Å². The molecule has 27 heavy (non-hydrogen) atoms. The highest BCUT2D eigenvalue weighted by molar-refractivity contribution is 6.26. The second-order valence-electron chi connectivity index (χ2n) is 6.97. The van der Waals surface area contributed by atoms with Crippen LogP contribution in [0.2, 0.25) is 0 Å². The van der Waals surface area contributed by atoms with Crippen LogP contribution in [0.1, 0.15) is 47.1 Å². The minimum Gasteiger partial charge on any atom is -0.262 e. The van der Waals surface area contributed by atoms with Crippen molar-refractivity contribution in [3.05, 3.63) is 71.0 Å². The van der Waals surface area contributed by atoms with Crippen LogP contribution >= 0.6 is 36.0 Å². The Morgan fingerprint density at radius 1 is 0.963 bits per heavy atom. The molecule has 1 unspecified atom stereocenters. The normalized spacial score (nSPS) is 13.3. The van der Waals surface area contributed by atoms with Crippen molar-refractivity contribution in [1.82, 2.24) is 4.53 Å². The molecule has 4 nitrogen and oxygen atoms in total. The Kier molecular flexibility index (Phi) is 7.42. The molecule has 2 amide bonds. The molecule has 0 aliphatic heterocycles. The first-order valence-electron chi connectivity index (χ1n) is 7.95. The number of rotatable bonds is 2. The molecular formula is C19H21Cl3FN2O2+. The molecule has 0 spiro atoms. The van der Waals surface area contributed by atoms with E-state index in [1.807, 2.05) is 6.92 Å². The van der Waals surface area contributed by atoms with E-state index in [-0.39, 0.29) is 18.0 Å². The maximum absolute atomic E-state index is 13.2. The molecule has 1 atom stereocenters. The summed E-state index contributed by atoms with van der Waals surface area (Å²) < 4.78 is 12.8. The van der Waals surface area contributed by atoms with Gasteiger partial charge in [-0.1, -0.05) is 22.2 Å². The highest BCUT2D eigenvalue weighted by Crippen LogP contribution is 2.36. The molecule has 0 aliphatic carbocycles. The van der Waals surface area contributed by atoms with E-state index >= 15 is 0 Å². The maximum atomic E-state index is 13.2. The van der Waals surface area contributed by atoms with Crippen LogP contribution in [-0.4, -0.2) is 26.0 Å². The summed E-state index contributed by atoms with van der Waals surface area (Å²) in [6.45, 7) is 6.98. The first-order valence-corrected chi connectivity index (χ1v) is 8.62. The van der Waals surface area contributed by atoms with Crippen molar-refractivity contribution < 1.29 is 18.1 Å². The van der Waals surface area contributed by atoms with Gasteiger partial charge in [-0.25, -0.2) is 9.18 Å². The fourth-order valence-corrected chi connectivity index (χ4v) is 2.90. The van der Waals surface area contributed by atoms with Gasteiger partial charge in [0.25, 0.3) is 0 Å². The topological polar surface area (TPSA) is 37.4 Å². The molecular weight excluding hydrogens is 414 g/mol. The summed E-state index contributed by atoms with van der Waals surface area (Å²) >= 11 is 12.9. The van der Waals surface area contributed by atoms with E-state index in [1.165, 1.54) is 12.1 Å². The molecule has 0 radical (unpaired) electrons. The molecule has 2 rings (SSSR count). The standard InChI is InChI=1S/C19H20Cl2FN2O2.ClH/c1-13-5-7-15(8-6-13)18(26)24(21,19(2,3)4)23(20)17(25)14-9-11-16(22)12-10-14;/h5-12H,1-4H3;1H/q+1;. The number of halogens is 4. The Hall–Kier alpha value is -1.66. The average molecular weight is 435 g/mol. The third-order valence-electron chi connectivity index (χ3n) is 3.96. The third-order valence-corrected chi connectivity index (χ3v) is 5.23. The first-order chi connectivity index (χ1) is 12.0. The van der Waals surface area contributed by atoms with E-state index in [4.69, 9.17) is 23.6 Å². The van der Waals surface area contributed by atoms with Crippen LogP contribution in [0.5, 0.6) is 0 Å². The Morgan fingerprint density at radius 2 is 1.41 bits per heavy atom. The van der Waals surface area contributed by atoms with Crippen molar-refractivity contribution in [2.24, 2.45) is 0 Å². The van der Waals surface area contributed by atoms with Gasteiger partial charge in [-0.05, 0) is 68.2 Å². The van der Waals surface area contributed by atoms with E-state index in [0.717, 1.165) is 17.7 Å². The molecule has 0 N–H and O–H groups in total. The largest absolute Gasteiger partial charge is 0.390 e. The fraction of sp³-hybridized carbons (Fsp3) is 0.263. The monoisotopic (exact) mass is 433 g/mol. The number of carbonyl (C=O) groups excluding carboxylic acids is 2. The number of carbonyl (C=O) groups is 2. The lowest BCUT2D eigenvalue weighted by molar-refractivity contribution is -0.871. The van der Waals surface area contributed by atoms with Crippen LogP contribution in [0, 0.1) is 12.7 Å². The van der Waals surface area contributed by atoms with Crippen LogP contribution in [-0.2, 0) is 0 Å². The van der Waals surface area contributed by atoms with Gasteiger partial charge < -0.3 is 0 Å². The van der Waals surface area contributed by atoms with Crippen LogP contribution in [0.15, 0.2) is 48.5 Å². The van der Waals surface area contributed by atoms with Gasteiger partial charge in [0.05, 0.1) is 17.3 Å². The summed E-state index contributed by atoms with van der Waals surface area (Å²) in [6.07, 6.45) is 0. The molecule has 0 saturated heterocycles. The summed E-state index contributed by atoms with van der Waals surface area (Å²) in [5.41, 5.74) is 0.472. The zero-order valence-electron chi connectivity index (χ0n) is 15.4. The number of quaternary nitrogens is 1. The number of benzene rings is 2. The van der Waals surface area contributed by atoms with Gasteiger partial charge in [0.1, 0.15) is 11.4 Å². The van der Waals surface area contributed by atoms with E-state index in [1.54, 1.807) is 45.0 Å². The summed E-state index contributed by atoms with van der Waals surface area (Å²) in [5.74, 6) is -1.75. The summed E-state index contributed by atoms with van der Waals surface area (Å²) in [7, 11) is 0. The van der Waals surface area contributed by atoms with Crippen molar-refractivity contribution in [3.63, 3.8) is 0 Å². The highest BCUT2D eigenvalue weighted by atomic mass is 35.5. The average Bonchev–Trinajstić information content (AvgIpc) is 2.59. The van der Waals surface area contributed by atoms with Crippen LogP contribution < -0.4 is 0 Å². The molecule has 146 valence electrons. The third kappa shape index (κ3) is 4.61. The van der Waals surface area contributed by atoms with Gasteiger partial charge in [0.15, 0.2) is 0 Å². The zero-order valence-corrected chi connectivity index (χ0v) is 17.7. The molecule has 2 aromatic carbocycles. The summed E-state index contributed by atoms with van der Waals surface area (Å²) in [5, 5.41) is 0. The second kappa shape index (κ2) is 8.57. The Balaban J connectivity index is 0.00000364. The number of amides is 2. The van der Waals surface area contributed by atoms with E-state index in [2.05, 4.69) is 0 Å². The van der Waals surface area contributed by atoms with Crippen molar-refractivity contribution in [1.29, 1.82) is 0 Å². The van der Waals surface area contributed by atoms with Gasteiger partial charge in [-0.2, -0.15) is 0 Å². The number of hydrogen-bond donors (Lipinski definition) is 0. The minimum absolute atomic E-state index is 0. The second-order valence-corrected chi connectivity index (χ2v) is 7.78. The van der Waals surface area contributed by atoms with Gasteiger partial charge in [0, 0.05) is 5.56 Å². The number of hydrogen-bond acceptors (Lipinski definition) is 2.